The highest BCUT2D eigenvalue weighted by molar-refractivity contribution is 5.94. The molecule has 50 heavy (non-hydrogen) atoms. The summed E-state index contributed by atoms with van der Waals surface area (Å²) >= 11 is 0. The van der Waals surface area contributed by atoms with E-state index in [0.717, 1.165) is 5.56 Å². The summed E-state index contributed by atoms with van der Waals surface area (Å²) in [5.41, 5.74) is 0.921. The number of aliphatic hydroxyl groups is 1. The van der Waals surface area contributed by atoms with E-state index in [0.29, 0.717) is 13.0 Å². The number of amides is 6. The molecular weight excluding hydrogens is 644 g/mol. The highest BCUT2D eigenvalue weighted by Crippen LogP contribution is 2.17. The molecule has 0 radical (unpaired) electrons. The predicted octanol–water partition coefficient (Wildman–Crippen LogP) is 1.67. The summed E-state index contributed by atoms with van der Waals surface area (Å²) < 4.78 is 5.07. The molecule has 0 saturated heterocycles. The van der Waals surface area contributed by atoms with Crippen LogP contribution < -0.4 is 31.9 Å². The Bertz CT molecular complexity index is 1320. The Hall–Kier alpha value is -4.46. The quantitative estimate of drug-likeness (QED) is 0.142. The fourth-order valence-electron chi connectivity index (χ4n) is 5.34. The number of nitrogens with one attached hydrogen (secondary N) is 6. The number of rotatable bonds is 14. The van der Waals surface area contributed by atoms with Crippen LogP contribution >= 0.6 is 0 Å². The number of cyclic esters (lactones) is 1. The summed E-state index contributed by atoms with van der Waals surface area (Å²) in [6.07, 6.45) is 1.05. The minimum Gasteiger partial charge on any atom is -0.445 e. The minimum atomic E-state index is -1.34. The van der Waals surface area contributed by atoms with Crippen molar-refractivity contribution in [2.45, 2.75) is 105 Å². The van der Waals surface area contributed by atoms with Crippen LogP contribution in [0.2, 0.25) is 0 Å². The van der Waals surface area contributed by atoms with E-state index in [2.05, 4.69) is 31.9 Å². The molecule has 278 valence electrons. The molecule has 6 amide bonds. The van der Waals surface area contributed by atoms with Gasteiger partial charge in [0.05, 0.1) is 18.6 Å². The van der Waals surface area contributed by atoms with Crippen molar-refractivity contribution < 1.29 is 38.6 Å². The van der Waals surface area contributed by atoms with E-state index < -0.39 is 72.3 Å². The third-order valence-corrected chi connectivity index (χ3v) is 8.26. The molecule has 1 aromatic carbocycles. The Morgan fingerprint density at radius 1 is 0.900 bits per heavy atom. The van der Waals surface area contributed by atoms with Crippen molar-refractivity contribution in [3.63, 3.8) is 0 Å². The molecule has 0 aliphatic carbocycles. The van der Waals surface area contributed by atoms with Crippen molar-refractivity contribution in [1.29, 1.82) is 0 Å². The van der Waals surface area contributed by atoms with Crippen LogP contribution in [0.5, 0.6) is 0 Å². The van der Waals surface area contributed by atoms with Crippen LogP contribution in [0.1, 0.15) is 73.3 Å². The Kier molecular flexibility index (Phi) is 17.4. The van der Waals surface area contributed by atoms with Gasteiger partial charge < -0.3 is 41.7 Å². The van der Waals surface area contributed by atoms with Gasteiger partial charge in [0.15, 0.2) is 0 Å². The summed E-state index contributed by atoms with van der Waals surface area (Å²) in [7, 11) is 0. The third-order valence-electron chi connectivity index (χ3n) is 8.26. The molecule has 0 spiro atoms. The average molecular weight is 701 g/mol. The largest absolute Gasteiger partial charge is 0.445 e. The molecule has 0 bridgehead atoms. The van der Waals surface area contributed by atoms with Crippen molar-refractivity contribution in [3.8, 4) is 0 Å². The molecule has 0 saturated carbocycles. The van der Waals surface area contributed by atoms with Gasteiger partial charge in [0.25, 0.3) is 0 Å². The zero-order chi connectivity index (χ0) is 37.4. The fourth-order valence-corrected chi connectivity index (χ4v) is 5.34. The van der Waals surface area contributed by atoms with E-state index in [-0.39, 0.29) is 43.2 Å². The lowest BCUT2D eigenvalue weighted by molar-refractivity contribution is -0.134. The maximum Gasteiger partial charge on any atom is 0.408 e. The van der Waals surface area contributed by atoms with Crippen molar-refractivity contribution in [1.82, 2.24) is 31.9 Å². The van der Waals surface area contributed by atoms with E-state index >= 15 is 0 Å². The molecule has 0 fully saturated rings. The zero-order valence-corrected chi connectivity index (χ0v) is 30.3. The first-order valence-electron chi connectivity index (χ1n) is 17.3. The van der Waals surface area contributed by atoms with Crippen molar-refractivity contribution >= 4 is 35.6 Å². The standard InChI is InChI=1S/C36H56N6O8/c1-21(2)17-26(28(43)18-24(7)32(45)41-30(22(3)4)34(47)38-20-25-13-9-8-10-14-25)39-33(46)27-19-29(44)37-15-11-12-16-50-36(49)42-31(23(5)6)35(48)40-27/h8-14,21-24,26-28,30-31,43H,15-20H2,1-7H3,(H,37,44)(H,38,47)(H,39,46)(H,40,48)(H,41,45)(H,42,49)/b12-11+/t24-,26+,27+,28+,30+,31+/m1/s1. The second-order valence-corrected chi connectivity index (χ2v) is 13.9. The van der Waals surface area contributed by atoms with Crippen LogP contribution in [0.4, 0.5) is 4.79 Å². The van der Waals surface area contributed by atoms with Gasteiger partial charge in [-0.2, -0.15) is 0 Å². The Morgan fingerprint density at radius 3 is 2.20 bits per heavy atom. The van der Waals surface area contributed by atoms with E-state index in [1.807, 2.05) is 58.0 Å². The number of benzene rings is 1. The Morgan fingerprint density at radius 2 is 1.58 bits per heavy atom. The zero-order valence-electron chi connectivity index (χ0n) is 30.3. The SMILES string of the molecule is CC(C)C[C@H](NC(=O)[C@@H]1CC(=O)NC/C=C/COC(=O)N[C@@H](C(C)C)C(=O)N1)[C@@H](O)C[C@@H](C)C(=O)N[C@H](C(=O)NCc1ccccc1)C(C)C. The monoisotopic (exact) mass is 700 g/mol. The van der Waals surface area contributed by atoms with Crippen LogP contribution in [-0.2, 0) is 35.3 Å². The number of carbonyl (C=O) groups is 6. The third kappa shape index (κ3) is 14.6. The second-order valence-electron chi connectivity index (χ2n) is 13.9. The smallest absolute Gasteiger partial charge is 0.408 e. The van der Waals surface area contributed by atoms with Gasteiger partial charge in [-0.25, -0.2) is 4.79 Å². The molecule has 2 rings (SSSR count). The molecule has 1 aliphatic rings. The van der Waals surface area contributed by atoms with Crippen LogP contribution in [0.15, 0.2) is 42.5 Å². The summed E-state index contributed by atoms with van der Waals surface area (Å²) in [6.45, 7) is 12.9. The molecule has 1 aliphatic heterocycles. The topological polar surface area (TPSA) is 204 Å². The average Bonchev–Trinajstić information content (AvgIpc) is 3.05. The number of hydrogen-bond acceptors (Lipinski definition) is 8. The number of alkyl carbamates (subject to hydrolysis) is 1. The molecule has 1 aromatic rings. The summed E-state index contributed by atoms with van der Waals surface area (Å²) in [5, 5.41) is 27.5. The normalized spacial score (nSPS) is 20.6. The Labute approximate surface area is 295 Å². The van der Waals surface area contributed by atoms with Gasteiger partial charge in [-0.3, -0.25) is 24.0 Å². The lowest BCUT2D eigenvalue weighted by atomic mass is 9.91. The minimum absolute atomic E-state index is 0.0203. The van der Waals surface area contributed by atoms with Gasteiger partial charge in [0.1, 0.15) is 24.7 Å². The van der Waals surface area contributed by atoms with E-state index in [4.69, 9.17) is 4.74 Å². The first-order chi connectivity index (χ1) is 23.6. The molecule has 6 atom stereocenters. The highest BCUT2D eigenvalue weighted by Gasteiger charge is 2.34. The lowest BCUT2D eigenvalue weighted by Crippen LogP contribution is -2.58. The molecule has 7 N–H and O–H groups in total. The van der Waals surface area contributed by atoms with Crippen LogP contribution in [0.3, 0.4) is 0 Å². The van der Waals surface area contributed by atoms with Crippen molar-refractivity contribution in [2.24, 2.45) is 23.7 Å². The van der Waals surface area contributed by atoms with E-state index in [9.17, 15) is 33.9 Å². The second kappa shape index (κ2) is 20.9. The van der Waals surface area contributed by atoms with Gasteiger partial charge in [0, 0.05) is 19.0 Å². The van der Waals surface area contributed by atoms with Gasteiger partial charge in [0.2, 0.25) is 29.5 Å². The number of aliphatic hydroxyl groups excluding tert-OH is 1. The van der Waals surface area contributed by atoms with Crippen LogP contribution in [-0.4, -0.2) is 84.2 Å². The van der Waals surface area contributed by atoms with Crippen molar-refractivity contribution in [3.05, 3.63) is 48.0 Å². The number of ether oxygens (including phenoxy) is 1. The molecule has 0 unspecified atom stereocenters. The number of carbonyl (C=O) groups excluding carboxylic acids is 6. The predicted molar refractivity (Wildman–Crippen MR) is 188 cm³/mol. The summed E-state index contributed by atoms with van der Waals surface area (Å²) in [6, 6.07) is 5.38. The molecule has 1 heterocycles. The fraction of sp³-hybridized carbons (Fsp3) is 0.611. The maximum absolute atomic E-state index is 13.7. The first kappa shape index (κ1) is 41.7. The molecule has 0 aromatic heterocycles. The van der Waals surface area contributed by atoms with Gasteiger partial charge >= 0.3 is 6.09 Å². The van der Waals surface area contributed by atoms with Crippen LogP contribution in [0.25, 0.3) is 0 Å². The summed E-state index contributed by atoms with van der Waals surface area (Å²) in [5.74, 6) is -3.95. The van der Waals surface area contributed by atoms with Gasteiger partial charge in [-0.1, -0.05) is 84.9 Å². The number of hydrogen-bond donors (Lipinski definition) is 7. The molecular formula is C36H56N6O8. The maximum atomic E-state index is 13.7. The summed E-state index contributed by atoms with van der Waals surface area (Å²) in [4.78, 5) is 78.3. The molecule has 14 nitrogen and oxygen atoms in total. The van der Waals surface area contributed by atoms with E-state index in [1.54, 1.807) is 32.9 Å². The molecule has 14 heteroatoms. The van der Waals surface area contributed by atoms with Crippen molar-refractivity contribution in [2.75, 3.05) is 13.2 Å². The highest BCUT2D eigenvalue weighted by atomic mass is 16.5. The van der Waals surface area contributed by atoms with Gasteiger partial charge in [-0.15, -0.1) is 0 Å². The lowest BCUT2D eigenvalue weighted by Gasteiger charge is -2.30. The Balaban J connectivity index is 2.16. The van der Waals surface area contributed by atoms with Gasteiger partial charge in [-0.05, 0) is 42.2 Å². The first-order valence-corrected chi connectivity index (χ1v) is 17.3. The van der Waals surface area contributed by atoms with Crippen LogP contribution in [0, 0.1) is 23.7 Å². The van der Waals surface area contributed by atoms with E-state index in [1.165, 1.54) is 0 Å².